The molecule has 2 fully saturated rings. The van der Waals surface area contributed by atoms with E-state index in [9.17, 15) is 17.6 Å². The second-order valence-electron chi connectivity index (χ2n) is 10.2. The van der Waals surface area contributed by atoms with Gasteiger partial charge in [-0.2, -0.15) is 0 Å². The fraction of sp³-hybridized carbons (Fsp3) is 0.448. The number of halogens is 1. The Kier molecular flexibility index (Phi) is 8.82. The standard InChI is InChI=1S/C29H34FN3O6S/c1-37-24-12-10-21(11-13-24)28(34)32(18-25-7-4-14-38-25)17-23-16-31-29(33(23)19-26-8-5-15-39-26)40(35,36)20-22-6-2-3-9-27(22)30/h2-3,6,9-13,16,25-26H,4-5,7-8,14-15,17-20H2,1H3. The monoisotopic (exact) mass is 571 g/mol. The van der Waals surface area contributed by atoms with Crippen molar-refractivity contribution in [3.63, 3.8) is 0 Å². The van der Waals surface area contributed by atoms with Gasteiger partial charge in [-0.15, -0.1) is 0 Å². The highest BCUT2D eigenvalue weighted by Crippen LogP contribution is 2.25. The number of sulfone groups is 1. The van der Waals surface area contributed by atoms with Gasteiger partial charge in [-0.05, 0) is 56.0 Å². The van der Waals surface area contributed by atoms with Crippen molar-refractivity contribution in [3.8, 4) is 5.75 Å². The summed E-state index contributed by atoms with van der Waals surface area (Å²) in [6.07, 6.45) is 4.63. The summed E-state index contributed by atoms with van der Waals surface area (Å²) in [5, 5.41) is -0.157. The minimum atomic E-state index is -4.01. The molecule has 5 rings (SSSR count). The van der Waals surface area contributed by atoms with Crippen LogP contribution in [0, 0.1) is 5.82 Å². The third-order valence-electron chi connectivity index (χ3n) is 7.32. The van der Waals surface area contributed by atoms with Crippen LogP contribution in [0.25, 0.3) is 0 Å². The topological polar surface area (TPSA) is 100.0 Å². The highest BCUT2D eigenvalue weighted by molar-refractivity contribution is 7.90. The molecule has 9 nitrogen and oxygen atoms in total. The lowest BCUT2D eigenvalue weighted by atomic mass is 10.1. The van der Waals surface area contributed by atoms with E-state index >= 15 is 0 Å². The zero-order valence-corrected chi connectivity index (χ0v) is 23.3. The second kappa shape index (κ2) is 12.5. The molecule has 3 heterocycles. The van der Waals surface area contributed by atoms with Crippen LogP contribution in [0.15, 0.2) is 59.9 Å². The number of amides is 1. The highest BCUT2D eigenvalue weighted by Gasteiger charge is 2.30. The van der Waals surface area contributed by atoms with E-state index in [2.05, 4.69) is 4.98 Å². The van der Waals surface area contributed by atoms with Crippen molar-refractivity contribution in [2.45, 2.75) is 61.9 Å². The molecule has 2 unspecified atom stereocenters. The molecule has 0 aliphatic carbocycles. The smallest absolute Gasteiger partial charge is 0.254 e. The van der Waals surface area contributed by atoms with Crippen molar-refractivity contribution in [1.29, 1.82) is 0 Å². The quantitative estimate of drug-likeness (QED) is 0.343. The van der Waals surface area contributed by atoms with Gasteiger partial charge in [0.1, 0.15) is 11.6 Å². The van der Waals surface area contributed by atoms with Crippen LogP contribution in [0.5, 0.6) is 5.75 Å². The van der Waals surface area contributed by atoms with Gasteiger partial charge in [0, 0.05) is 30.9 Å². The van der Waals surface area contributed by atoms with E-state index in [1.807, 2.05) is 0 Å². The summed E-state index contributed by atoms with van der Waals surface area (Å²) < 4.78 is 59.9. The van der Waals surface area contributed by atoms with Gasteiger partial charge in [-0.1, -0.05) is 18.2 Å². The van der Waals surface area contributed by atoms with E-state index in [1.54, 1.807) is 46.9 Å². The molecule has 2 aliphatic rings. The van der Waals surface area contributed by atoms with Gasteiger partial charge in [0.2, 0.25) is 15.0 Å². The molecular weight excluding hydrogens is 537 g/mol. The molecule has 40 heavy (non-hydrogen) atoms. The lowest BCUT2D eigenvalue weighted by Gasteiger charge is -2.27. The largest absolute Gasteiger partial charge is 0.497 e. The second-order valence-corrected chi connectivity index (χ2v) is 12.1. The number of ether oxygens (including phenoxy) is 3. The number of carbonyl (C=O) groups is 1. The first-order valence-corrected chi connectivity index (χ1v) is 15.2. The van der Waals surface area contributed by atoms with Crippen molar-refractivity contribution >= 4 is 15.7 Å². The molecule has 3 aromatic rings. The van der Waals surface area contributed by atoms with E-state index in [0.717, 1.165) is 25.7 Å². The maximum atomic E-state index is 14.4. The molecular formula is C29H34FN3O6S. The van der Waals surface area contributed by atoms with Crippen LogP contribution in [-0.2, 0) is 38.2 Å². The first-order valence-electron chi connectivity index (χ1n) is 13.5. The molecule has 0 saturated carbocycles. The molecule has 2 aliphatic heterocycles. The summed E-state index contributed by atoms with van der Waals surface area (Å²) >= 11 is 0. The number of hydrogen-bond acceptors (Lipinski definition) is 7. The Morgan fingerprint density at radius 2 is 1.77 bits per heavy atom. The lowest BCUT2D eigenvalue weighted by molar-refractivity contribution is 0.0496. The van der Waals surface area contributed by atoms with Gasteiger partial charge in [0.25, 0.3) is 5.91 Å². The lowest BCUT2D eigenvalue weighted by Crippen LogP contribution is -2.37. The normalized spacial score (nSPS) is 19.1. The molecule has 0 N–H and O–H groups in total. The number of carbonyl (C=O) groups excluding carboxylic acids is 1. The summed E-state index contributed by atoms with van der Waals surface area (Å²) in [5.41, 5.74) is 1.12. The third-order valence-corrected chi connectivity index (χ3v) is 8.89. The summed E-state index contributed by atoms with van der Waals surface area (Å²) in [6, 6.07) is 12.7. The van der Waals surface area contributed by atoms with E-state index in [0.29, 0.717) is 36.8 Å². The Balaban J connectivity index is 1.47. The van der Waals surface area contributed by atoms with Crippen LogP contribution in [0.2, 0.25) is 0 Å². The number of hydrogen-bond donors (Lipinski definition) is 0. The average Bonchev–Trinajstić information content (AvgIpc) is 3.73. The van der Waals surface area contributed by atoms with Crippen LogP contribution in [0.3, 0.4) is 0 Å². The Morgan fingerprint density at radius 3 is 2.42 bits per heavy atom. The molecule has 0 spiro atoms. The molecule has 0 bridgehead atoms. The molecule has 0 radical (unpaired) electrons. The van der Waals surface area contributed by atoms with Crippen molar-refractivity contribution in [2.75, 3.05) is 26.9 Å². The van der Waals surface area contributed by atoms with Crippen molar-refractivity contribution in [3.05, 3.63) is 77.4 Å². The van der Waals surface area contributed by atoms with Crippen molar-refractivity contribution in [2.24, 2.45) is 0 Å². The summed E-state index contributed by atoms with van der Waals surface area (Å²) in [6.45, 7) is 2.00. The van der Waals surface area contributed by atoms with Crippen LogP contribution in [-0.4, -0.2) is 67.9 Å². The summed E-state index contributed by atoms with van der Waals surface area (Å²) in [7, 11) is -2.45. The third kappa shape index (κ3) is 6.54. The SMILES string of the molecule is COc1ccc(C(=O)N(Cc2cnc(S(=O)(=O)Cc3ccccc3F)n2CC2CCCO2)CC2CCCO2)cc1. The van der Waals surface area contributed by atoms with E-state index in [1.165, 1.54) is 24.4 Å². The fourth-order valence-electron chi connectivity index (χ4n) is 5.20. The molecule has 2 aromatic carbocycles. The van der Waals surface area contributed by atoms with Gasteiger partial charge < -0.3 is 23.7 Å². The first kappa shape index (κ1) is 28.3. The van der Waals surface area contributed by atoms with Crippen LogP contribution < -0.4 is 4.74 Å². The molecule has 1 amide bonds. The van der Waals surface area contributed by atoms with E-state index in [4.69, 9.17) is 14.2 Å². The Labute approximate surface area is 233 Å². The number of nitrogens with zero attached hydrogens (tertiary/aromatic N) is 3. The predicted molar refractivity (Wildman–Crippen MR) is 145 cm³/mol. The van der Waals surface area contributed by atoms with E-state index < -0.39 is 21.4 Å². The predicted octanol–water partition coefficient (Wildman–Crippen LogP) is 4.01. The number of methoxy groups -OCH3 is 1. The number of aromatic nitrogens is 2. The Morgan fingerprint density at radius 1 is 1.07 bits per heavy atom. The van der Waals surface area contributed by atoms with Crippen LogP contribution >= 0.6 is 0 Å². The van der Waals surface area contributed by atoms with Crippen LogP contribution in [0.4, 0.5) is 4.39 Å². The number of benzene rings is 2. The van der Waals surface area contributed by atoms with Gasteiger partial charge in [-0.3, -0.25) is 4.79 Å². The van der Waals surface area contributed by atoms with Gasteiger partial charge in [0.05, 0.1) is 50.1 Å². The molecule has 2 atom stereocenters. The average molecular weight is 572 g/mol. The van der Waals surface area contributed by atoms with Crippen molar-refractivity contribution in [1.82, 2.24) is 14.5 Å². The molecule has 214 valence electrons. The fourth-order valence-corrected chi connectivity index (χ4v) is 6.72. The summed E-state index contributed by atoms with van der Waals surface area (Å²) in [5.74, 6) is -0.678. The van der Waals surface area contributed by atoms with Crippen molar-refractivity contribution < 1.29 is 31.8 Å². The molecule has 1 aromatic heterocycles. The Bertz CT molecular complexity index is 1410. The molecule has 11 heteroatoms. The minimum Gasteiger partial charge on any atom is -0.497 e. The molecule has 2 saturated heterocycles. The van der Waals surface area contributed by atoms with Gasteiger partial charge >= 0.3 is 0 Å². The maximum absolute atomic E-state index is 14.4. The number of imidazole rings is 1. The first-order chi connectivity index (χ1) is 19.3. The maximum Gasteiger partial charge on any atom is 0.254 e. The minimum absolute atomic E-state index is 0.0745. The van der Waals surface area contributed by atoms with Gasteiger partial charge in [0.15, 0.2) is 0 Å². The highest BCUT2D eigenvalue weighted by atomic mass is 32.2. The Hall–Kier alpha value is -3.28. The zero-order valence-electron chi connectivity index (χ0n) is 22.5. The zero-order chi connectivity index (χ0) is 28.1. The number of rotatable bonds is 11. The summed E-state index contributed by atoms with van der Waals surface area (Å²) in [4.78, 5) is 19.7. The van der Waals surface area contributed by atoms with E-state index in [-0.39, 0.29) is 41.9 Å². The van der Waals surface area contributed by atoms with Gasteiger partial charge in [-0.25, -0.2) is 17.8 Å². The van der Waals surface area contributed by atoms with Crippen LogP contribution in [0.1, 0.15) is 47.3 Å².